The van der Waals surface area contributed by atoms with Gasteiger partial charge >= 0.3 is 0 Å². The maximum Gasteiger partial charge on any atom is 0.165 e. The van der Waals surface area contributed by atoms with Gasteiger partial charge in [0.05, 0.1) is 0 Å². The van der Waals surface area contributed by atoms with Gasteiger partial charge in [-0.15, -0.1) is 10.2 Å². The fourth-order valence-electron chi connectivity index (χ4n) is 2.16. The Balaban J connectivity index is 1.83. The van der Waals surface area contributed by atoms with Gasteiger partial charge in [0.1, 0.15) is 6.33 Å². The molecule has 0 spiro atoms. The number of nitrogens with zero attached hydrogens (tertiary/aromatic N) is 3. The topological polar surface area (TPSA) is 42.7 Å². The van der Waals surface area contributed by atoms with Crippen molar-refractivity contribution >= 4 is 21.6 Å². The zero-order valence-electron chi connectivity index (χ0n) is 11.6. The summed E-state index contributed by atoms with van der Waals surface area (Å²) in [5.41, 5.74) is 3.33. The van der Waals surface area contributed by atoms with Crippen LogP contribution in [-0.2, 0) is 13.6 Å². The van der Waals surface area contributed by atoms with Crippen LogP contribution in [0.1, 0.15) is 5.56 Å². The molecule has 0 fully saturated rings. The lowest BCUT2D eigenvalue weighted by Crippen LogP contribution is -2.02. The molecular formula is C16H15BrN4. The van der Waals surface area contributed by atoms with Crippen LogP contribution in [0, 0.1) is 0 Å². The average Bonchev–Trinajstić information content (AvgIpc) is 2.93. The number of aryl methyl sites for hydroxylation is 1. The van der Waals surface area contributed by atoms with Gasteiger partial charge in [-0.3, -0.25) is 0 Å². The number of aromatic nitrogens is 3. The van der Waals surface area contributed by atoms with Gasteiger partial charge in [-0.05, 0) is 29.8 Å². The van der Waals surface area contributed by atoms with Crippen molar-refractivity contribution in [1.82, 2.24) is 14.8 Å². The minimum Gasteiger partial charge on any atom is -0.380 e. The number of hydrogen-bond donors (Lipinski definition) is 1. The molecule has 3 aromatic rings. The first-order valence-electron chi connectivity index (χ1n) is 6.66. The molecule has 21 heavy (non-hydrogen) atoms. The minimum absolute atomic E-state index is 0.766. The third-order valence-electron chi connectivity index (χ3n) is 3.28. The lowest BCUT2D eigenvalue weighted by molar-refractivity contribution is 0.919. The van der Waals surface area contributed by atoms with Crippen LogP contribution in [0.4, 0.5) is 5.69 Å². The Kier molecular flexibility index (Phi) is 4.01. The van der Waals surface area contributed by atoms with E-state index in [1.54, 1.807) is 6.33 Å². The second-order valence-electron chi connectivity index (χ2n) is 4.79. The fraction of sp³-hybridized carbons (Fsp3) is 0.125. The van der Waals surface area contributed by atoms with Crippen molar-refractivity contribution in [3.63, 3.8) is 0 Å². The molecule has 1 heterocycles. The van der Waals surface area contributed by atoms with Crippen LogP contribution in [0.5, 0.6) is 0 Å². The Morgan fingerprint density at radius 3 is 2.57 bits per heavy atom. The lowest BCUT2D eigenvalue weighted by atomic mass is 10.1. The number of para-hydroxylation sites is 1. The molecule has 0 amide bonds. The van der Waals surface area contributed by atoms with Crippen molar-refractivity contribution < 1.29 is 0 Å². The molecule has 0 saturated heterocycles. The predicted molar refractivity (Wildman–Crippen MR) is 87.9 cm³/mol. The molecule has 0 radical (unpaired) electrons. The molecule has 0 aliphatic heterocycles. The number of anilines is 1. The molecule has 0 unspecified atom stereocenters. The van der Waals surface area contributed by atoms with Gasteiger partial charge < -0.3 is 9.88 Å². The Hall–Kier alpha value is -2.14. The molecule has 0 aliphatic rings. The Morgan fingerprint density at radius 2 is 1.86 bits per heavy atom. The van der Waals surface area contributed by atoms with E-state index in [1.165, 1.54) is 5.56 Å². The quantitative estimate of drug-likeness (QED) is 0.782. The molecule has 3 rings (SSSR count). The van der Waals surface area contributed by atoms with E-state index in [0.717, 1.165) is 28.1 Å². The molecule has 0 aliphatic carbocycles. The molecule has 0 atom stereocenters. The minimum atomic E-state index is 0.766. The molecule has 0 saturated carbocycles. The SMILES string of the molecule is Cn1cnnc1-c1ccccc1NCc1ccc(Br)cc1. The van der Waals surface area contributed by atoms with Crippen molar-refractivity contribution in [2.24, 2.45) is 7.05 Å². The first kappa shape index (κ1) is 13.8. The number of hydrogen-bond acceptors (Lipinski definition) is 3. The third kappa shape index (κ3) is 3.13. The van der Waals surface area contributed by atoms with Crippen molar-refractivity contribution in [3.8, 4) is 11.4 Å². The maximum absolute atomic E-state index is 4.18. The summed E-state index contributed by atoms with van der Waals surface area (Å²) in [6.07, 6.45) is 1.71. The summed E-state index contributed by atoms with van der Waals surface area (Å²) in [6.45, 7) is 0.766. The van der Waals surface area contributed by atoms with Gasteiger partial charge in [0.2, 0.25) is 0 Å². The highest BCUT2D eigenvalue weighted by atomic mass is 79.9. The van der Waals surface area contributed by atoms with E-state index >= 15 is 0 Å². The standard InChI is InChI=1S/C16H15BrN4/c1-21-11-19-20-16(21)14-4-2-3-5-15(14)18-10-12-6-8-13(17)9-7-12/h2-9,11,18H,10H2,1H3. The fourth-order valence-corrected chi connectivity index (χ4v) is 2.42. The van der Waals surface area contributed by atoms with Gasteiger partial charge in [-0.25, -0.2) is 0 Å². The highest BCUT2D eigenvalue weighted by Crippen LogP contribution is 2.26. The highest BCUT2D eigenvalue weighted by molar-refractivity contribution is 9.10. The number of benzene rings is 2. The molecular weight excluding hydrogens is 328 g/mol. The van der Waals surface area contributed by atoms with Crippen molar-refractivity contribution in [1.29, 1.82) is 0 Å². The van der Waals surface area contributed by atoms with Crippen molar-refractivity contribution in [2.75, 3.05) is 5.32 Å². The predicted octanol–water partition coefficient (Wildman–Crippen LogP) is 3.86. The first-order valence-corrected chi connectivity index (χ1v) is 7.45. The van der Waals surface area contributed by atoms with Crippen LogP contribution in [-0.4, -0.2) is 14.8 Å². The summed E-state index contributed by atoms with van der Waals surface area (Å²) < 4.78 is 3.01. The van der Waals surface area contributed by atoms with E-state index in [4.69, 9.17) is 0 Å². The van der Waals surface area contributed by atoms with Crippen molar-refractivity contribution in [3.05, 3.63) is 64.9 Å². The summed E-state index contributed by atoms with van der Waals surface area (Å²) in [5.74, 6) is 0.855. The zero-order valence-corrected chi connectivity index (χ0v) is 13.2. The lowest BCUT2D eigenvalue weighted by Gasteiger charge is -2.11. The monoisotopic (exact) mass is 342 g/mol. The number of rotatable bonds is 4. The second-order valence-corrected chi connectivity index (χ2v) is 5.71. The molecule has 1 N–H and O–H groups in total. The smallest absolute Gasteiger partial charge is 0.165 e. The second kappa shape index (κ2) is 6.10. The molecule has 106 valence electrons. The summed E-state index contributed by atoms with van der Waals surface area (Å²) in [4.78, 5) is 0. The van der Waals surface area contributed by atoms with Gasteiger partial charge in [-0.1, -0.05) is 40.2 Å². The van der Waals surface area contributed by atoms with Crippen LogP contribution in [0.15, 0.2) is 59.3 Å². The summed E-state index contributed by atoms with van der Waals surface area (Å²) >= 11 is 3.45. The van der Waals surface area contributed by atoms with Gasteiger partial charge in [-0.2, -0.15) is 0 Å². The highest BCUT2D eigenvalue weighted by Gasteiger charge is 2.09. The number of nitrogens with one attached hydrogen (secondary N) is 1. The zero-order chi connectivity index (χ0) is 14.7. The van der Waals surface area contributed by atoms with Gasteiger partial charge in [0.15, 0.2) is 5.82 Å². The summed E-state index contributed by atoms with van der Waals surface area (Å²) in [6, 6.07) is 16.4. The van der Waals surface area contributed by atoms with Crippen LogP contribution in [0.25, 0.3) is 11.4 Å². The van der Waals surface area contributed by atoms with Crippen LogP contribution in [0.2, 0.25) is 0 Å². The summed E-state index contributed by atoms with van der Waals surface area (Å²) in [5, 5.41) is 11.6. The van der Waals surface area contributed by atoms with Gasteiger partial charge in [0.25, 0.3) is 0 Å². The molecule has 4 nitrogen and oxygen atoms in total. The van der Waals surface area contributed by atoms with E-state index in [1.807, 2.05) is 41.9 Å². The average molecular weight is 343 g/mol. The van der Waals surface area contributed by atoms with E-state index in [-0.39, 0.29) is 0 Å². The molecule has 2 aromatic carbocycles. The van der Waals surface area contributed by atoms with E-state index in [0.29, 0.717) is 0 Å². The van der Waals surface area contributed by atoms with E-state index in [2.05, 4.69) is 49.6 Å². The van der Waals surface area contributed by atoms with Gasteiger partial charge in [0, 0.05) is 29.3 Å². The van der Waals surface area contributed by atoms with Crippen LogP contribution >= 0.6 is 15.9 Å². The van der Waals surface area contributed by atoms with E-state index in [9.17, 15) is 0 Å². The largest absolute Gasteiger partial charge is 0.380 e. The van der Waals surface area contributed by atoms with Crippen LogP contribution in [0.3, 0.4) is 0 Å². The Morgan fingerprint density at radius 1 is 1.10 bits per heavy atom. The molecule has 0 bridgehead atoms. The van der Waals surface area contributed by atoms with Crippen LogP contribution < -0.4 is 5.32 Å². The number of halogens is 1. The Labute approximate surface area is 132 Å². The normalized spacial score (nSPS) is 10.6. The van der Waals surface area contributed by atoms with E-state index < -0.39 is 0 Å². The third-order valence-corrected chi connectivity index (χ3v) is 3.80. The van der Waals surface area contributed by atoms with Crippen molar-refractivity contribution in [2.45, 2.75) is 6.54 Å². The molecule has 5 heteroatoms. The Bertz CT molecular complexity index is 734. The molecule has 1 aromatic heterocycles. The maximum atomic E-state index is 4.18. The summed E-state index contributed by atoms with van der Waals surface area (Å²) in [7, 11) is 1.95. The first-order chi connectivity index (χ1) is 10.2.